The van der Waals surface area contributed by atoms with Gasteiger partial charge in [-0.2, -0.15) is 0 Å². The normalized spacial score (nSPS) is 17.3. The first kappa shape index (κ1) is 12.8. The summed E-state index contributed by atoms with van der Waals surface area (Å²) in [6.45, 7) is 0. The van der Waals surface area contributed by atoms with Crippen molar-refractivity contribution < 1.29 is 4.39 Å². The summed E-state index contributed by atoms with van der Waals surface area (Å²) in [6, 6.07) is 10.7. The van der Waals surface area contributed by atoms with E-state index in [2.05, 4.69) is 5.32 Å². The molecule has 1 unspecified atom stereocenters. The summed E-state index contributed by atoms with van der Waals surface area (Å²) in [5.41, 5.74) is 2.66. The standard InChI is InChI=1S/C15H12Cl2FN/c16-9-4-6-15(12(17)8-9)19-14-7-5-10-11(14)2-1-3-13(10)18/h1-4,6,8,14,19H,5,7H2. The fourth-order valence-corrected chi connectivity index (χ4v) is 3.02. The number of hydrogen-bond acceptors (Lipinski definition) is 1. The summed E-state index contributed by atoms with van der Waals surface area (Å²) >= 11 is 12.0. The van der Waals surface area contributed by atoms with Crippen molar-refractivity contribution in [2.75, 3.05) is 5.32 Å². The van der Waals surface area contributed by atoms with Crippen molar-refractivity contribution in [2.45, 2.75) is 18.9 Å². The van der Waals surface area contributed by atoms with Crippen LogP contribution in [-0.4, -0.2) is 0 Å². The highest BCUT2D eigenvalue weighted by molar-refractivity contribution is 6.36. The maximum absolute atomic E-state index is 13.7. The lowest BCUT2D eigenvalue weighted by atomic mass is 10.1. The summed E-state index contributed by atoms with van der Waals surface area (Å²) in [5, 5.41) is 4.55. The number of halogens is 3. The molecule has 0 saturated carbocycles. The molecule has 1 N–H and O–H groups in total. The summed E-state index contributed by atoms with van der Waals surface area (Å²) in [5.74, 6) is -0.121. The van der Waals surface area contributed by atoms with E-state index in [1.165, 1.54) is 6.07 Å². The topological polar surface area (TPSA) is 12.0 Å². The number of rotatable bonds is 2. The Balaban J connectivity index is 1.89. The zero-order valence-corrected chi connectivity index (χ0v) is 11.6. The van der Waals surface area contributed by atoms with Crippen LogP contribution in [0.4, 0.5) is 10.1 Å². The van der Waals surface area contributed by atoms with E-state index in [0.29, 0.717) is 10.0 Å². The fraction of sp³-hybridized carbons (Fsp3) is 0.200. The van der Waals surface area contributed by atoms with Gasteiger partial charge in [-0.25, -0.2) is 4.39 Å². The minimum absolute atomic E-state index is 0.101. The molecule has 2 aromatic carbocycles. The van der Waals surface area contributed by atoms with E-state index < -0.39 is 0 Å². The molecule has 4 heteroatoms. The molecule has 0 amide bonds. The van der Waals surface area contributed by atoms with Gasteiger partial charge < -0.3 is 5.32 Å². The Bertz CT molecular complexity index is 628. The van der Waals surface area contributed by atoms with Crippen LogP contribution in [0, 0.1) is 5.82 Å². The first-order chi connectivity index (χ1) is 9.15. The molecule has 0 radical (unpaired) electrons. The lowest BCUT2D eigenvalue weighted by molar-refractivity contribution is 0.612. The highest BCUT2D eigenvalue weighted by Crippen LogP contribution is 2.37. The van der Waals surface area contributed by atoms with Crippen molar-refractivity contribution in [1.29, 1.82) is 0 Å². The van der Waals surface area contributed by atoms with Gasteiger partial charge >= 0.3 is 0 Å². The van der Waals surface area contributed by atoms with Gasteiger partial charge in [-0.3, -0.25) is 0 Å². The van der Waals surface area contributed by atoms with Crippen LogP contribution in [0.2, 0.25) is 10.0 Å². The van der Waals surface area contributed by atoms with Crippen LogP contribution < -0.4 is 5.32 Å². The van der Waals surface area contributed by atoms with E-state index in [1.54, 1.807) is 18.2 Å². The predicted octanol–water partition coefficient (Wildman–Crippen LogP) is 5.23. The molecule has 1 atom stereocenters. The van der Waals surface area contributed by atoms with Gasteiger partial charge in [0.25, 0.3) is 0 Å². The van der Waals surface area contributed by atoms with E-state index >= 15 is 0 Å². The molecule has 1 aliphatic rings. The van der Waals surface area contributed by atoms with Gasteiger partial charge in [0.1, 0.15) is 5.82 Å². The van der Waals surface area contributed by atoms with E-state index in [4.69, 9.17) is 23.2 Å². The highest BCUT2D eigenvalue weighted by Gasteiger charge is 2.25. The van der Waals surface area contributed by atoms with E-state index in [0.717, 1.165) is 29.7 Å². The number of fused-ring (bicyclic) bond motifs is 1. The summed E-state index contributed by atoms with van der Waals surface area (Å²) in [7, 11) is 0. The van der Waals surface area contributed by atoms with Gasteiger partial charge in [0.05, 0.1) is 16.8 Å². The molecule has 0 spiro atoms. The Labute approximate surface area is 121 Å². The Morgan fingerprint density at radius 2 is 2.00 bits per heavy atom. The molecule has 1 nitrogen and oxygen atoms in total. The molecule has 0 fully saturated rings. The molecule has 0 aromatic heterocycles. The van der Waals surface area contributed by atoms with Crippen molar-refractivity contribution in [3.8, 4) is 0 Å². The van der Waals surface area contributed by atoms with Gasteiger partial charge in [-0.15, -0.1) is 0 Å². The smallest absolute Gasteiger partial charge is 0.126 e. The van der Waals surface area contributed by atoms with Gasteiger partial charge in [0, 0.05) is 5.02 Å². The van der Waals surface area contributed by atoms with Crippen molar-refractivity contribution >= 4 is 28.9 Å². The van der Waals surface area contributed by atoms with Crippen molar-refractivity contribution in [1.82, 2.24) is 0 Å². The average Bonchev–Trinajstić information content (AvgIpc) is 2.78. The van der Waals surface area contributed by atoms with Crippen LogP contribution in [0.5, 0.6) is 0 Å². The monoisotopic (exact) mass is 295 g/mol. The van der Waals surface area contributed by atoms with Crippen LogP contribution in [0.15, 0.2) is 36.4 Å². The minimum Gasteiger partial charge on any atom is -0.377 e. The third-order valence-electron chi connectivity index (χ3n) is 3.47. The van der Waals surface area contributed by atoms with E-state index in [-0.39, 0.29) is 11.9 Å². The molecule has 3 rings (SSSR count). The maximum Gasteiger partial charge on any atom is 0.126 e. The second kappa shape index (κ2) is 5.03. The summed E-state index contributed by atoms with van der Waals surface area (Å²) in [4.78, 5) is 0. The molecule has 0 bridgehead atoms. The second-order valence-corrected chi connectivity index (χ2v) is 5.51. The quantitative estimate of drug-likeness (QED) is 0.800. The molecule has 0 saturated heterocycles. The van der Waals surface area contributed by atoms with Crippen LogP contribution in [-0.2, 0) is 6.42 Å². The number of anilines is 1. The molecule has 0 aliphatic heterocycles. The molecule has 98 valence electrons. The van der Waals surface area contributed by atoms with Gasteiger partial charge in [0.2, 0.25) is 0 Å². The lowest BCUT2D eigenvalue weighted by Gasteiger charge is -2.16. The minimum atomic E-state index is -0.121. The molecule has 1 aliphatic carbocycles. The predicted molar refractivity (Wildman–Crippen MR) is 77.5 cm³/mol. The Hall–Kier alpha value is -1.25. The number of benzene rings is 2. The third kappa shape index (κ3) is 2.43. The van der Waals surface area contributed by atoms with Gasteiger partial charge in [-0.1, -0.05) is 35.3 Å². The van der Waals surface area contributed by atoms with Crippen molar-refractivity contribution in [3.05, 3.63) is 63.4 Å². The molecular weight excluding hydrogens is 284 g/mol. The van der Waals surface area contributed by atoms with E-state index in [1.807, 2.05) is 12.1 Å². The molecule has 19 heavy (non-hydrogen) atoms. The SMILES string of the molecule is Fc1cccc2c1CCC2Nc1ccc(Cl)cc1Cl. The summed E-state index contributed by atoms with van der Waals surface area (Å²) < 4.78 is 13.7. The molecular formula is C15H12Cl2FN. The highest BCUT2D eigenvalue weighted by atomic mass is 35.5. The largest absolute Gasteiger partial charge is 0.377 e. The fourth-order valence-electron chi connectivity index (χ4n) is 2.55. The Morgan fingerprint density at radius 3 is 2.79 bits per heavy atom. The first-order valence-electron chi connectivity index (χ1n) is 6.14. The van der Waals surface area contributed by atoms with Gasteiger partial charge in [0.15, 0.2) is 0 Å². The van der Waals surface area contributed by atoms with Crippen LogP contribution in [0.1, 0.15) is 23.6 Å². The zero-order valence-electron chi connectivity index (χ0n) is 10.1. The van der Waals surface area contributed by atoms with Crippen molar-refractivity contribution in [3.63, 3.8) is 0 Å². The van der Waals surface area contributed by atoms with E-state index in [9.17, 15) is 4.39 Å². The Morgan fingerprint density at radius 1 is 1.16 bits per heavy atom. The van der Waals surface area contributed by atoms with Crippen molar-refractivity contribution in [2.24, 2.45) is 0 Å². The first-order valence-corrected chi connectivity index (χ1v) is 6.89. The maximum atomic E-state index is 13.7. The van der Waals surface area contributed by atoms with Crippen LogP contribution in [0.3, 0.4) is 0 Å². The molecule has 0 heterocycles. The lowest BCUT2D eigenvalue weighted by Crippen LogP contribution is -2.07. The van der Waals surface area contributed by atoms with Crippen LogP contribution >= 0.6 is 23.2 Å². The average molecular weight is 296 g/mol. The summed E-state index contributed by atoms with van der Waals surface area (Å²) in [6.07, 6.45) is 1.63. The molecule has 2 aromatic rings. The zero-order chi connectivity index (χ0) is 13.4. The van der Waals surface area contributed by atoms with Crippen LogP contribution in [0.25, 0.3) is 0 Å². The second-order valence-electron chi connectivity index (χ2n) is 4.67. The van der Waals surface area contributed by atoms with Gasteiger partial charge in [-0.05, 0) is 48.2 Å². The number of hydrogen-bond donors (Lipinski definition) is 1. The Kier molecular flexibility index (Phi) is 3.38. The number of nitrogens with one attached hydrogen (secondary N) is 1. The third-order valence-corrected chi connectivity index (χ3v) is 4.02.